The molecule has 0 spiro atoms. The van der Waals surface area contributed by atoms with E-state index in [0.29, 0.717) is 5.96 Å². The molecule has 0 aliphatic heterocycles. The van der Waals surface area contributed by atoms with Crippen LogP contribution in [0.1, 0.15) is 12.6 Å². The molecule has 0 fully saturated rings. The number of hydrogen-bond donors (Lipinski definition) is 4. The summed E-state index contributed by atoms with van der Waals surface area (Å²) in [4.78, 5) is 3.37. The molecule has 0 atom stereocenters. The Hall–Kier alpha value is -1.97. The second-order valence-corrected chi connectivity index (χ2v) is 3.96. The summed E-state index contributed by atoms with van der Waals surface area (Å²) in [5, 5.41) is 14.7. The summed E-state index contributed by atoms with van der Waals surface area (Å²) < 4.78 is 0. The van der Waals surface area contributed by atoms with Gasteiger partial charge in [0.15, 0.2) is 5.96 Å². The van der Waals surface area contributed by atoms with Crippen LogP contribution in [-0.2, 0) is 6.42 Å². The van der Waals surface area contributed by atoms with E-state index in [2.05, 4.69) is 33.8 Å². The molecule has 4 heteroatoms. The highest BCUT2D eigenvalue weighted by Gasteiger charge is 2.00. The molecule has 2 rings (SSSR count). The third kappa shape index (κ3) is 3.00. The normalized spacial score (nSPS) is 10.4. The van der Waals surface area contributed by atoms with Crippen LogP contribution in [-0.4, -0.2) is 24.0 Å². The molecule has 0 aliphatic carbocycles. The molecule has 2 aromatic rings. The minimum Gasteiger partial charge on any atom is -0.358 e. The number of benzene rings is 1. The van der Waals surface area contributed by atoms with Gasteiger partial charge in [-0.3, -0.25) is 5.41 Å². The molecule has 0 amide bonds. The molecule has 90 valence electrons. The van der Waals surface area contributed by atoms with Crippen LogP contribution in [0.4, 0.5) is 0 Å². The molecule has 4 nitrogen and oxygen atoms in total. The van der Waals surface area contributed by atoms with Crippen LogP contribution >= 0.6 is 0 Å². The number of nitrogens with one attached hydrogen (secondary N) is 4. The number of para-hydroxylation sites is 1. The number of aromatic nitrogens is 1. The van der Waals surface area contributed by atoms with Crippen LogP contribution in [0.5, 0.6) is 0 Å². The molecule has 1 aromatic carbocycles. The second kappa shape index (κ2) is 5.39. The lowest BCUT2D eigenvalue weighted by atomic mass is 10.2. The molecule has 0 saturated carbocycles. The van der Waals surface area contributed by atoms with Gasteiger partial charge in [0.25, 0.3) is 0 Å². The highest BCUT2D eigenvalue weighted by Crippen LogP contribution is 2.14. The Bertz CT molecular complexity index is 468. The summed E-state index contributed by atoms with van der Waals surface area (Å²) in [6, 6.07) is 10.4. The summed E-state index contributed by atoms with van der Waals surface area (Å²) in [6.07, 6.45) is 0.891. The Morgan fingerprint density at radius 1 is 1.29 bits per heavy atom. The van der Waals surface area contributed by atoms with E-state index in [1.54, 1.807) is 0 Å². The maximum Gasteiger partial charge on any atom is 0.188 e. The summed E-state index contributed by atoms with van der Waals surface area (Å²) >= 11 is 0. The largest absolute Gasteiger partial charge is 0.358 e. The highest BCUT2D eigenvalue weighted by atomic mass is 15.1. The Balaban J connectivity index is 1.89. The molecule has 0 unspecified atom stereocenters. The molecular formula is C13H18N4. The highest BCUT2D eigenvalue weighted by molar-refractivity contribution is 5.80. The van der Waals surface area contributed by atoms with Crippen molar-refractivity contribution >= 4 is 16.9 Å². The van der Waals surface area contributed by atoms with Crippen LogP contribution in [0, 0.1) is 5.41 Å². The first kappa shape index (κ1) is 11.5. The van der Waals surface area contributed by atoms with Gasteiger partial charge in [-0.05, 0) is 24.4 Å². The predicted molar refractivity (Wildman–Crippen MR) is 71.4 cm³/mol. The Kier molecular flexibility index (Phi) is 3.65. The van der Waals surface area contributed by atoms with Gasteiger partial charge in [0.2, 0.25) is 0 Å². The average Bonchev–Trinajstić information content (AvgIpc) is 2.71. The molecule has 0 bridgehead atoms. The zero-order valence-corrected chi connectivity index (χ0v) is 10.0. The van der Waals surface area contributed by atoms with Crippen molar-refractivity contribution in [3.8, 4) is 0 Å². The molecule has 0 aliphatic rings. The first-order valence-corrected chi connectivity index (χ1v) is 5.92. The van der Waals surface area contributed by atoms with E-state index < -0.39 is 0 Å². The maximum atomic E-state index is 7.53. The van der Waals surface area contributed by atoms with Gasteiger partial charge >= 0.3 is 0 Å². The van der Waals surface area contributed by atoms with E-state index in [1.807, 2.05) is 19.1 Å². The van der Waals surface area contributed by atoms with Gasteiger partial charge in [0.1, 0.15) is 0 Å². The molecular weight excluding hydrogens is 212 g/mol. The van der Waals surface area contributed by atoms with Gasteiger partial charge in [-0.2, -0.15) is 0 Å². The van der Waals surface area contributed by atoms with Gasteiger partial charge in [-0.25, -0.2) is 0 Å². The molecule has 4 N–H and O–H groups in total. The lowest BCUT2D eigenvalue weighted by Gasteiger charge is -2.07. The SMILES string of the molecule is CCNC(=N)NCCc1cc2ccccc2[nH]1. The van der Waals surface area contributed by atoms with Crippen molar-refractivity contribution in [3.63, 3.8) is 0 Å². The second-order valence-electron chi connectivity index (χ2n) is 3.96. The van der Waals surface area contributed by atoms with Gasteiger partial charge < -0.3 is 15.6 Å². The zero-order valence-electron chi connectivity index (χ0n) is 10.0. The smallest absolute Gasteiger partial charge is 0.188 e. The molecule has 1 heterocycles. The first-order chi connectivity index (χ1) is 8.29. The van der Waals surface area contributed by atoms with Gasteiger partial charge in [0.05, 0.1) is 0 Å². The summed E-state index contributed by atoms with van der Waals surface area (Å²) in [5.74, 6) is 0.392. The quantitative estimate of drug-likeness (QED) is 0.478. The summed E-state index contributed by atoms with van der Waals surface area (Å²) in [5.41, 5.74) is 2.37. The van der Waals surface area contributed by atoms with Crippen molar-refractivity contribution in [2.24, 2.45) is 0 Å². The fourth-order valence-electron chi connectivity index (χ4n) is 1.83. The number of fused-ring (bicyclic) bond motifs is 1. The van der Waals surface area contributed by atoms with Crippen LogP contribution in [0.15, 0.2) is 30.3 Å². The van der Waals surface area contributed by atoms with Crippen LogP contribution < -0.4 is 10.6 Å². The van der Waals surface area contributed by atoms with Crippen molar-refractivity contribution in [2.45, 2.75) is 13.3 Å². The van der Waals surface area contributed by atoms with Gasteiger partial charge in [-0.15, -0.1) is 0 Å². The number of rotatable bonds is 4. The van der Waals surface area contributed by atoms with Crippen molar-refractivity contribution in [1.82, 2.24) is 15.6 Å². The van der Waals surface area contributed by atoms with Crippen LogP contribution in [0.3, 0.4) is 0 Å². The zero-order chi connectivity index (χ0) is 12.1. The van der Waals surface area contributed by atoms with Gasteiger partial charge in [-0.1, -0.05) is 18.2 Å². The molecule has 1 aromatic heterocycles. The first-order valence-electron chi connectivity index (χ1n) is 5.92. The number of guanidine groups is 1. The Morgan fingerprint density at radius 3 is 2.88 bits per heavy atom. The molecule has 17 heavy (non-hydrogen) atoms. The third-order valence-electron chi connectivity index (χ3n) is 2.64. The minimum atomic E-state index is 0.392. The maximum absolute atomic E-state index is 7.53. The van der Waals surface area contributed by atoms with Crippen LogP contribution in [0.25, 0.3) is 10.9 Å². The van der Waals surface area contributed by atoms with E-state index in [4.69, 9.17) is 5.41 Å². The Morgan fingerprint density at radius 2 is 2.12 bits per heavy atom. The van der Waals surface area contributed by atoms with E-state index >= 15 is 0 Å². The van der Waals surface area contributed by atoms with Crippen molar-refractivity contribution in [2.75, 3.05) is 13.1 Å². The number of hydrogen-bond acceptors (Lipinski definition) is 1. The lowest BCUT2D eigenvalue weighted by molar-refractivity contribution is 0.797. The van der Waals surface area contributed by atoms with E-state index in [-0.39, 0.29) is 0 Å². The van der Waals surface area contributed by atoms with E-state index in [9.17, 15) is 0 Å². The summed E-state index contributed by atoms with van der Waals surface area (Å²) in [6.45, 7) is 3.52. The van der Waals surface area contributed by atoms with Crippen molar-refractivity contribution in [1.29, 1.82) is 5.41 Å². The van der Waals surface area contributed by atoms with Gasteiger partial charge in [0, 0.05) is 30.7 Å². The average molecular weight is 230 g/mol. The minimum absolute atomic E-state index is 0.392. The molecule has 0 saturated heterocycles. The van der Waals surface area contributed by atoms with E-state index in [0.717, 1.165) is 19.5 Å². The third-order valence-corrected chi connectivity index (χ3v) is 2.64. The monoisotopic (exact) mass is 230 g/mol. The standard InChI is InChI=1S/C13H18N4/c1-2-15-13(14)16-8-7-11-9-10-5-3-4-6-12(10)17-11/h3-6,9,17H,2,7-8H2,1H3,(H3,14,15,16). The van der Waals surface area contributed by atoms with Crippen molar-refractivity contribution in [3.05, 3.63) is 36.0 Å². The van der Waals surface area contributed by atoms with Crippen LogP contribution in [0.2, 0.25) is 0 Å². The molecule has 0 radical (unpaired) electrons. The lowest BCUT2D eigenvalue weighted by Crippen LogP contribution is -2.37. The topological polar surface area (TPSA) is 63.7 Å². The van der Waals surface area contributed by atoms with Crippen molar-refractivity contribution < 1.29 is 0 Å². The fraction of sp³-hybridized carbons (Fsp3) is 0.308. The Labute approximate surface area is 101 Å². The number of aromatic amines is 1. The van der Waals surface area contributed by atoms with E-state index in [1.165, 1.54) is 16.6 Å². The predicted octanol–water partition coefficient (Wildman–Crippen LogP) is 1.84. The fourth-order valence-corrected chi connectivity index (χ4v) is 1.83. The number of H-pyrrole nitrogens is 1. The summed E-state index contributed by atoms with van der Waals surface area (Å²) in [7, 11) is 0.